The minimum atomic E-state index is -1.25. The van der Waals surface area contributed by atoms with Gasteiger partial charge in [-0.2, -0.15) is 0 Å². The predicted octanol–water partition coefficient (Wildman–Crippen LogP) is 8.37. The number of likely N-dealkylation sites (tertiary alicyclic amines) is 1. The number of nitrogens with zero attached hydrogens (tertiary/aromatic N) is 1. The van der Waals surface area contributed by atoms with Crippen LogP contribution in [0, 0.1) is 5.41 Å². The van der Waals surface area contributed by atoms with Crippen LogP contribution in [-0.4, -0.2) is 63.9 Å². The molecule has 2 bridgehead atoms. The van der Waals surface area contributed by atoms with Crippen LogP contribution in [0.4, 0.5) is 0 Å². The van der Waals surface area contributed by atoms with E-state index in [1.807, 2.05) is 91.0 Å². The maximum atomic E-state index is 14.5. The van der Waals surface area contributed by atoms with Gasteiger partial charge in [-0.05, 0) is 130 Å². The van der Waals surface area contributed by atoms with Crippen LogP contribution in [0.15, 0.2) is 115 Å². The molecule has 3 N–H and O–H groups in total. The number of allylic oxidation sites excluding steroid dienone is 2. The Morgan fingerprint density at radius 2 is 1.58 bits per heavy atom. The second-order valence-electron chi connectivity index (χ2n) is 16.1. The SMILES string of the molecule is COc1ccc(C(=O)c2cc3ccc2C2CCC(O)(CN4CCCC4C(O)(c4ccccc4)c4ccccc4)C2(C)CCC=C(C)CCC(O)C3)cc1. The molecule has 0 radical (unpaired) electrons. The van der Waals surface area contributed by atoms with E-state index in [-0.39, 0.29) is 17.7 Å². The highest BCUT2D eigenvalue weighted by molar-refractivity contribution is 6.10. The molecule has 0 spiro atoms. The summed E-state index contributed by atoms with van der Waals surface area (Å²) in [4.78, 5) is 16.8. The van der Waals surface area contributed by atoms with Gasteiger partial charge in [0.1, 0.15) is 11.4 Å². The largest absolute Gasteiger partial charge is 0.497 e. The number of fused-ring (bicyclic) bond motifs is 8. The normalized spacial score (nSPS) is 26.8. The van der Waals surface area contributed by atoms with Crippen LogP contribution in [0.5, 0.6) is 5.75 Å². The van der Waals surface area contributed by atoms with Crippen molar-refractivity contribution in [2.75, 3.05) is 20.2 Å². The molecule has 1 aliphatic heterocycles. The number of methoxy groups -OCH3 is 1. The van der Waals surface area contributed by atoms with Crippen molar-refractivity contribution in [3.63, 3.8) is 0 Å². The van der Waals surface area contributed by atoms with Gasteiger partial charge in [0.05, 0.1) is 18.8 Å². The zero-order valence-electron chi connectivity index (χ0n) is 31.5. The van der Waals surface area contributed by atoms with Crippen LogP contribution in [0.2, 0.25) is 0 Å². The van der Waals surface area contributed by atoms with Crippen molar-refractivity contribution in [1.82, 2.24) is 4.90 Å². The third-order valence-electron chi connectivity index (χ3n) is 13.0. The first kappa shape index (κ1) is 37.3. The van der Waals surface area contributed by atoms with Crippen LogP contribution in [0.3, 0.4) is 0 Å². The van der Waals surface area contributed by atoms with E-state index in [9.17, 15) is 20.1 Å². The highest BCUT2D eigenvalue weighted by atomic mass is 16.5. The first-order chi connectivity index (χ1) is 25.6. The second kappa shape index (κ2) is 15.3. The Kier molecular flexibility index (Phi) is 10.8. The average molecular weight is 714 g/mol. The summed E-state index contributed by atoms with van der Waals surface area (Å²) < 4.78 is 5.38. The second-order valence-corrected chi connectivity index (χ2v) is 16.1. The van der Waals surface area contributed by atoms with Crippen molar-refractivity contribution >= 4 is 5.78 Å². The van der Waals surface area contributed by atoms with Crippen molar-refractivity contribution in [2.45, 2.75) is 101 Å². The lowest BCUT2D eigenvalue weighted by atomic mass is 9.64. The molecule has 4 aromatic carbocycles. The number of rotatable bonds is 8. The Labute approximate surface area is 315 Å². The molecule has 2 fully saturated rings. The molecule has 53 heavy (non-hydrogen) atoms. The lowest BCUT2D eigenvalue weighted by Gasteiger charge is -2.48. The quantitative estimate of drug-likeness (QED) is 0.126. The number of aliphatic hydroxyl groups is 3. The van der Waals surface area contributed by atoms with E-state index in [0.717, 1.165) is 67.3 Å². The van der Waals surface area contributed by atoms with Gasteiger partial charge in [-0.25, -0.2) is 0 Å². The maximum Gasteiger partial charge on any atom is 0.193 e. The van der Waals surface area contributed by atoms with Crippen molar-refractivity contribution in [3.8, 4) is 5.75 Å². The zero-order chi connectivity index (χ0) is 37.2. The molecule has 1 heterocycles. The van der Waals surface area contributed by atoms with Gasteiger partial charge in [0.25, 0.3) is 0 Å². The van der Waals surface area contributed by atoms with Crippen LogP contribution >= 0.6 is 0 Å². The smallest absolute Gasteiger partial charge is 0.193 e. The molecular weight excluding hydrogens is 659 g/mol. The fourth-order valence-corrected chi connectivity index (χ4v) is 9.85. The van der Waals surface area contributed by atoms with Crippen molar-refractivity contribution in [2.24, 2.45) is 5.41 Å². The molecule has 0 aromatic heterocycles. The molecule has 6 heteroatoms. The molecule has 5 unspecified atom stereocenters. The Hall–Kier alpha value is -4.07. The fraction of sp³-hybridized carbons (Fsp3) is 0.426. The van der Waals surface area contributed by atoms with E-state index in [4.69, 9.17) is 4.74 Å². The molecule has 1 saturated carbocycles. The number of β-amino-alcohol motifs (C(OH)–C–C–N with tert-alkyl or cyclic N) is 1. The van der Waals surface area contributed by atoms with E-state index in [0.29, 0.717) is 42.7 Å². The van der Waals surface area contributed by atoms with Gasteiger partial charge >= 0.3 is 0 Å². The van der Waals surface area contributed by atoms with Gasteiger partial charge in [0, 0.05) is 29.1 Å². The van der Waals surface area contributed by atoms with Crippen molar-refractivity contribution in [1.29, 1.82) is 0 Å². The number of ketones is 1. The lowest BCUT2D eigenvalue weighted by molar-refractivity contribution is -0.101. The van der Waals surface area contributed by atoms with Crippen LogP contribution in [-0.2, 0) is 12.0 Å². The molecule has 3 aliphatic carbocycles. The van der Waals surface area contributed by atoms with Crippen molar-refractivity contribution in [3.05, 3.63) is 148 Å². The molecular formula is C47H55NO5. The summed E-state index contributed by atoms with van der Waals surface area (Å²) in [5.41, 5.74) is 3.18. The molecule has 8 rings (SSSR count). The van der Waals surface area contributed by atoms with Gasteiger partial charge in [0.15, 0.2) is 5.78 Å². The zero-order valence-corrected chi connectivity index (χ0v) is 31.5. The summed E-state index contributed by atoms with van der Waals surface area (Å²) in [5, 5.41) is 37.1. The van der Waals surface area contributed by atoms with Gasteiger partial charge in [-0.3, -0.25) is 9.69 Å². The molecule has 1 saturated heterocycles. The number of hydrogen-bond donors (Lipinski definition) is 3. The Balaban J connectivity index is 1.29. The van der Waals surface area contributed by atoms with Gasteiger partial charge in [-0.15, -0.1) is 0 Å². The average Bonchev–Trinajstić information content (AvgIpc) is 3.75. The number of ether oxygens (including phenoxy) is 1. The maximum absolute atomic E-state index is 14.5. The Morgan fingerprint density at radius 3 is 2.25 bits per heavy atom. The monoisotopic (exact) mass is 713 g/mol. The van der Waals surface area contributed by atoms with Crippen LogP contribution in [0.25, 0.3) is 0 Å². The van der Waals surface area contributed by atoms with E-state index < -0.39 is 22.7 Å². The predicted molar refractivity (Wildman–Crippen MR) is 210 cm³/mol. The highest BCUT2D eigenvalue weighted by Gasteiger charge is 2.59. The number of carbonyl (C=O) groups is 1. The third-order valence-corrected chi connectivity index (χ3v) is 13.0. The summed E-state index contributed by atoms with van der Waals surface area (Å²) >= 11 is 0. The topological polar surface area (TPSA) is 90.2 Å². The minimum absolute atomic E-state index is 0.0602. The highest BCUT2D eigenvalue weighted by Crippen LogP contribution is 2.59. The molecule has 4 aromatic rings. The van der Waals surface area contributed by atoms with Crippen molar-refractivity contribution < 1.29 is 24.9 Å². The van der Waals surface area contributed by atoms with E-state index in [2.05, 4.69) is 37.0 Å². The number of hydrogen-bond acceptors (Lipinski definition) is 6. The van der Waals surface area contributed by atoms with Gasteiger partial charge in [-0.1, -0.05) is 91.4 Å². The van der Waals surface area contributed by atoms with Gasteiger partial charge in [0.2, 0.25) is 0 Å². The van der Waals surface area contributed by atoms with E-state index >= 15 is 0 Å². The van der Waals surface area contributed by atoms with Crippen LogP contribution in [0.1, 0.15) is 109 Å². The Morgan fingerprint density at radius 1 is 0.906 bits per heavy atom. The van der Waals surface area contributed by atoms with E-state index in [1.54, 1.807) is 7.11 Å². The molecule has 5 atom stereocenters. The summed E-state index contributed by atoms with van der Waals surface area (Å²) in [5.74, 6) is 0.551. The summed E-state index contributed by atoms with van der Waals surface area (Å²) in [6, 6.07) is 33.2. The van der Waals surface area contributed by atoms with E-state index in [1.165, 1.54) is 5.57 Å². The summed E-state index contributed by atoms with van der Waals surface area (Å²) in [6.07, 6.45) is 8.31. The number of aliphatic hydroxyl groups excluding tert-OH is 1. The van der Waals surface area contributed by atoms with Gasteiger partial charge < -0.3 is 20.1 Å². The lowest BCUT2D eigenvalue weighted by Crippen LogP contribution is -2.57. The minimum Gasteiger partial charge on any atom is -0.497 e. The molecule has 6 nitrogen and oxygen atoms in total. The molecule has 0 amide bonds. The standard InChI is InChI=1S/C47H55NO5/c1-33-12-10-27-45(2)42(40-25-19-34(30-38(49)22-18-33)31-41(40)44(50)35-20-23-39(53-3)24-21-35)26-28-46(45,51)32-48-29-11-17-43(48)47(52,36-13-6-4-7-14-36)37-15-8-5-9-16-37/h4-9,12-16,19-21,23-25,31,38,42-43,49,51-52H,10-11,17-18,22,26-30,32H2,1-3H3. The number of benzene rings is 4. The first-order valence-corrected chi connectivity index (χ1v) is 19.5. The summed E-state index contributed by atoms with van der Waals surface area (Å²) in [7, 11) is 1.62. The van der Waals surface area contributed by atoms with Crippen LogP contribution < -0.4 is 4.74 Å². The fourth-order valence-electron chi connectivity index (χ4n) is 9.85. The number of carbonyl (C=O) groups excluding carboxylic acids is 1. The molecule has 278 valence electrons. The third kappa shape index (κ3) is 7.15. The summed E-state index contributed by atoms with van der Waals surface area (Å²) in [6.45, 7) is 5.60. The first-order valence-electron chi connectivity index (χ1n) is 19.5. The Bertz CT molecular complexity index is 1870. The molecule has 4 aliphatic rings.